The number of nitrogens with one attached hydrogen (secondary N) is 1. The number of halogens is 2. The summed E-state index contributed by atoms with van der Waals surface area (Å²) in [7, 11) is 1.54. The summed E-state index contributed by atoms with van der Waals surface area (Å²) in [6.07, 6.45) is 3.70. The molecular weight excluding hydrogens is 501 g/mol. The molecule has 0 atom stereocenters. The third-order valence-corrected chi connectivity index (χ3v) is 5.29. The molecule has 6 nitrogen and oxygen atoms in total. The van der Waals surface area contributed by atoms with Gasteiger partial charge in [0.25, 0.3) is 5.91 Å². The third kappa shape index (κ3) is 6.30. The molecule has 0 fully saturated rings. The maximum Gasteiger partial charge on any atom is 0.274 e. The molecule has 3 rings (SSSR count). The number of nitrogens with zero attached hydrogens (tertiary/aromatic N) is 2. The van der Waals surface area contributed by atoms with Gasteiger partial charge in [0.1, 0.15) is 12.4 Å². The highest BCUT2D eigenvalue weighted by atomic mass is 79.9. The van der Waals surface area contributed by atoms with Gasteiger partial charge in [0, 0.05) is 10.0 Å². The van der Waals surface area contributed by atoms with Crippen LogP contribution in [-0.4, -0.2) is 19.2 Å². The fourth-order valence-electron chi connectivity index (χ4n) is 3.11. The first-order valence-electron chi connectivity index (χ1n) is 10.2. The summed E-state index contributed by atoms with van der Waals surface area (Å²) in [5.41, 5.74) is 4.68. The van der Waals surface area contributed by atoms with E-state index in [0.29, 0.717) is 30.1 Å². The maximum absolute atomic E-state index is 14.0. The average molecular weight is 522 g/mol. The Morgan fingerprint density at radius 3 is 2.65 bits per heavy atom. The van der Waals surface area contributed by atoms with Crippen LogP contribution in [0.5, 0.6) is 11.5 Å². The van der Waals surface area contributed by atoms with Gasteiger partial charge in [-0.3, -0.25) is 4.79 Å². The first-order chi connectivity index (χ1) is 16.4. The van der Waals surface area contributed by atoms with E-state index < -0.39 is 11.7 Å². The average Bonchev–Trinajstić information content (AvgIpc) is 2.84. The lowest BCUT2D eigenvalue weighted by Gasteiger charge is -2.16. The number of allylic oxidation sites excluding steroid dienone is 1. The first kappa shape index (κ1) is 24.7. The van der Waals surface area contributed by atoms with E-state index in [-0.39, 0.29) is 11.1 Å². The van der Waals surface area contributed by atoms with E-state index in [1.165, 1.54) is 25.5 Å². The van der Waals surface area contributed by atoms with E-state index in [1.807, 2.05) is 36.4 Å². The van der Waals surface area contributed by atoms with Crippen molar-refractivity contribution >= 4 is 28.1 Å². The summed E-state index contributed by atoms with van der Waals surface area (Å²) in [4.78, 5) is 12.2. The van der Waals surface area contributed by atoms with Gasteiger partial charge in [-0.2, -0.15) is 10.4 Å². The number of nitriles is 1. The first-order valence-corrected chi connectivity index (χ1v) is 11.0. The van der Waals surface area contributed by atoms with Gasteiger partial charge in [-0.25, -0.2) is 9.82 Å². The number of ether oxygens (including phenoxy) is 2. The zero-order chi connectivity index (χ0) is 24.5. The number of benzene rings is 3. The Morgan fingerprint density at radius 2 is 2.00 bits per heavy atom. The number of rotatable bonds is 9. The normalized spacial score (nSPS) is 10.5. The summed E-state index contributed by atoms with van der Waals surface area (Å²) in [5, 5.41) is 12.7. The van der Waals surface area contributed by atoms with Crippen molar-refractivity contribution in [3.63, 3.8) is 0 Å². The largest absolute Gasteiger partial charge is 0.493 e. The lowest BCUT2D eigenvalue weighted by Crippen LogP contribution is -2.19. The molecule has 0 spiro atoms. The molecule has 3 aromatic rings. The second-order valence-corrected chi connectivity index (χ2v) is 8.04. The van der Waals surface area contributed by atoms with Crippen LogP contribution in [0.15, 0.2) is 76.8 Å². The van der Waals surface area contributed by atoms with E-state index in [1.54, 1.807) is 12.1 Å². The molecular formula is C26H21BrFN3O3. The smallest absolute Gasteiger partial charge is 0.274 e. The van der Waals surface area contributed by atoms with Crippen LogP contribution in [0.3, 0.4) is 0 Å². The van der Waals surface area contributed by atoms with Crippen molar-refractivity contribution in [2.75, 3.05) is 7.11 Å². The van der Waals surface area contributed by atoms with Crippen molar-refractivity contribution in [2.45, 2.75) is 13.0 Å². The van der Waals surface area contributed by atoms with Gasteiger partial charge in [-0.05, 0) is 60.0 Å². The van der Waals surface area contributed by atoms with Crippen molar-refractivity contribution in [3.05, 3.63) is 105 Å². The predicted molar refractivity (Wildman–Crippen MR) is 132 cm³/mol. The summed E-state index contributed by atoms with van der Waals surface area (Å²) in [6, 6.07) is 16.8. The Kier molecular flexibility index (Phi) is 8.54. The van der Waals surface area contributed by atoms with Crippen LogP contribution < -0.4 is 14.9 Å². The lowest BCUT2D eigenvalue weighted by molar-refractivity contribution is 0.0951. The van der Waals surface area contributed by atoms with Crippen LogP contribution >= 0.6 is 15.9 Å². The highest BCUT2D eigenvalue weighted by Crippen LogP contribution is 2.34. The van der Waals surface area contributed by atoms with Crippen LogP contribution in [0.4, 0.5) is 4.39 Å². The minimum Gasteiger partial charge on any atom is -0.493 e. The van der Waals surface area contributed by atoms with Crippen LogP contribution in [0.25, 0.3) is 0 Å². The summed E-state index contributed by atoms with van der Waals surface area (Å²) < 4.78 is 26.6. The second kappa shape index (κ2) is 11.8. The molecule has 1 amide bonds. The predicted octanol–water partition coefficient (Wildman–Crippen LogP) is 5.54. The molecule has 0 aromatic heterocycles. The van der Waals surface area contributed by atoms with Crippen molar-refractivity contribution in [2.24, 2.45) is 5.10 Å². The fraction of sp³-hybridized carbons (Fsp3) is 0.115. The zero-order valence-corrected chi connectivity index (χ0v) is 19.9. The van der Waals surface area contributed by atoms with Gasteiger partial charge in [0.05, 0.1) is 30.5 Å². The summed E-state index contributed by atoms with van der Waals surface area (Å²) in [5.74, 6) is -0.437. The monoisotopic (exact) mass is 521 g/mol. The Balaban J connectivity index is 1.77. The Morgan fingerprint density at radius 1 is 1.24 bits per heavy atom. The molecule has 0 aliphatic rings. The Hall–Kier alpha value is -3.96. The van der Waals surface area contributed by atoms with Crippen molar-refractivity contribution in [1.82, 2.24) is 5.43 Å². The number of amides is 1. The summed E-state index contributed by atoms with van der Waals surface area (Å²) in [6.45, 7) is 4.16. The topological polar surface area (TPSA) is 83.7 Å². The van der Waals surface area contributed by atoms with Gasteiger partial charge >= 0.3 is 0 Å². The Bertz CT molecular complexity index is 1270. The molecule has 0 heterocycles. The molecule has 0 unspecified atom stereocenters. The molecule has 172 valence electrons. The van der Waals surface area contributed by atoms with Crippen LogP contribution in [0, 0.1) is 17.1 Å². The van der Waals surface area contributed by atoms with Crippen molar-refractivity contribution < 1.29 is 18.7 Å². The van der Waals surface area contributed by atoms with Gasteiger partial charge < -0.3 is 9.47 Å². The standard InChI is InChI=1S/C26H21BrFN3O3/c1-3-4-20-11-19(15-30-31-26(32)22-10-7-18(14-29)12-23(22)28)13-24(33-2)25(20)34-16-17-5-8-21(27)9-6-17/h3,5-13,15H,1,4,16H2,2H3,(H,31,32)/b30-15-. The number of hydrogen-bond acceptors (Lipinski definition) is 5. The molecule has 0 saturated carbocycles. The van der Waals surface area contributed by atoms with E-state index in [9.17, 15) is 9.18 Å². The number of methoxy groups -OCH3 is 1. The molecule has 1 N–H and O–H groups in total. The minimum atomic E-state index is -0.797. The van der Waals surface area contributed by atoms with Crippen LogP contribution in [0.1, 0.15) is 32.6 Å². The molecule has 34 heavy (non-hydrogen) atoms. The van der Waals surface area contributed by atoms with Crippen molar-refractivity contribution in [1.29, 1.82) is 5.26 Å². The lowest BCUT2D eigenvalue weighted by atomic mass is 10.1. The molecule has 0 aliphatic heterocycles. The SMILES string of the molecule is C=CCc1cc(/C=N\NC(=O)c2ccc(C#N)cc2F)cc(OC)c1OCc1ccc(Br)cc1. The van der Waals surface area contributed by atoms with Crippen molar-refractivity contribution in [3.8, 4) is 17.6 Å². The quantitative estimate of drug-likeness (QED) is 0.227. The van der Waals surface area contributed by atoms with E-state index >= 15 is 0 Å². The zero-order valence-electron chi connectivity index (χ0n) is 18.3. The van der Waals surface area contributed by atoms with Crippen LogP contribution in [0.2, 0.25) is 0 Å². The Labute approximate surface area is 205 Å². The second-order valence-electron chi connectivity index (χ2n) is 7.12. The number of hydrogen-bond donors (Lipinski definition) is 1. The molecule has 8 heteroatoms. The molecule has 0 radical (unpaired) electrons. The van der Waals surface area contributed by atoms with E-state index in [4.69, 9.17) is 14.7 Å². The van der Waals surface area contributed by atoms with Gasteiger partial charge in [-0.1, -0.05) is 34.1 Å². The molecule has 3 aromatic carbocycles. The molecule has 0 saturated heterocycles. The highest BCUT2D eigenvalue weighted by molar-refractivity contribution is 9.10. The van der Waals surface area contributed by atoms with Gasteiger partial charge in [0.15, 0.2) is 11.5 Å². The highest BCUT2D eigenvalue weighted by Gasteiger charge is 2.14. The van der Waals surface area contributed by atoms with Gasteiger partial charge in [-0.15, -0.1) is 6.58 Å². The number of carbonyl (C=O) groups excluding carboxylic acids is 1. The minimum absolute atomic E-state index is 0.127. The molecule has 0 aliphatic carbocycles. The van der Waals surface area contributed by atoms with E-state index in [0.717, 1.165) is 21.7 Å². The maximum atomic E-state index is 14.0. The van der Waals surface area contributed by atoms with E-state index in [2.05, 4.69) is 33.0 Å². The summed E-state index contributed by atoms with van der Waals surface area (Å²) >= 11 is 3.42. The molecule has 0 bridgehead atoms. The number of carbonyl (C=O) groups is 1. The number of hydrazone groups is 1. The third-order valence-electron chi connectivity index (χ3n) is 4.76. The van der Waals surface area contributed by atoms with Crippen LogP contribution in [-0.2, 0) is 13.0 Å². The fourth-order valence-corrected chi connectivity index (χ4v) is 3.38. The van der Waals surface area contributed by atoms with Gasteiger partial charge in [0.2, 0.25) is 0 Å².